The molecule has 3 N–H and O–H groups in total. The zero-order chi connectivity index (χ0) is 8.43. The Balaban J connectivity index is 0. The number of carboxylic acids is 1. The van der Waals surface area contributed by atoms with Gasteiger partial charge in [-0.3, -0.25) is 0 Å². The maximum absolute atomic E-state index is 10.3. The second kappa shape index (κ2) is 4.05. The second-order valence-corrected chi connectivity index (χ2v) is 2.01. The average Bonchev–Trinajstić information content (AvgIpc) is 1.94. The van der Waals surface area contributed by atoms with Crippen LogP contribution in [0.2, 0.25) is 0 Å². The molecule has 0 aliphatic heterocycles. The van der Waals surface area contributed by atoms with Crippen LogP contribution in [0.1, 0.15) is 11.8 Å². The van der Waals surface area contributed by atoms with E-state index in [-0.39, 0.29) is 37.3 Å². The van der Waals surface area contributed by atoms with Gasteiger partial charge in [-0.25, -0.2) is 4.79 Å². The molecule has 1 rings (SSSR count). The normalized spacial score (nSPS) is 8.67. The number of phenolic OH excluding ortho intramolecular Hbond substituents is 1. The van der Waals surface area contributed by atoms with E-state index in [1.165, 1.54) is 6.07 Å². The molecular formula is C7H7LiO4. The van der Waals surface area contributed by atoms with E-state index < -0.39 is 5.97 Å². The summed E-state index contributed by atoms with van der Waals surface area (Å²) in [5.74, 6) is -1.80. The maximum Gasteiger partial charge on any atom is 1.00 e. The Morgan fingerprint density at radius 3 is 2.33 bits per heavy atom. The molecule has 0 aliphatic rings. The minimum absolute atomic E-state index is 0. The van der Waals surface area contributed by atoms with Gasteiger partial charge in [-0.15, -0.1) is 0 Å². The Labute approximate surface area is 82.1 Å². The van der Waals surface area contributed by atoms with E-state index in [1.807, 2.05) is 0 Å². The van der Waals surface area contributed by atoms with E-state index in [2.05, 4.69) is 0 Å². The SMILES string of the molecule is O=C(O)c1cc(O)ccc1O.[H-].[Li+]. The quantitative estimate of drug-likeness (QED) is 0.327. The first-order valence-electron chi connectivity index (χ1n) is 2.86. The molecule has 0 unspecified atom stereocenters. The number of benzene rings is 1. The summed E-state index contributed by atoms with van der Waals surface area (Å²) in [6.45, 7) is 0. The van der Waals surface area contributed by atoms with Crippen molar-refractivity contribution in [2.24, 2.45) is 0 Å². The van der Waals surface area contributed by atoms with Crippen molar-refractivity contribution in [2.75, 3.05) is 0 Å². The minimum atomic E-state index is -1.27. The van der Waals surface area contributed by atoms with Gasteiger partial charge in [-0.1, -0.05) is 0 Å². The summed E-state index contributed by atoms with van der Waals surface area (Å²) in [4.78, 5) is 10.3. The van der Waals surface area contributed by atoms with E-state index in [1.54, 1.807) is 0 Å². The van der Waals surface area contributed by atoms with Crippen LogP contribution in [0.15, 0.2) is 18.2 Å². The van der Waals surface area contributed by atoms with Gasteiger partial charge >= 0.3 is 24.8 Å². The van der Waals surface area contributed by atoms with E-state index in [4.69, 9.17) is 15.3 Å². The second-order valence-electron chi connectivity index (χ2n) is 2.01. The van der Waals surface area contributed by atoms with Gasteiger partial charge < -0.3 is 16.7 Å². The van der Waals surface area contributed by atoms with Gasteiger partial charge in [-0.2, -0.15) is 0 Å². The molecule has 0 amide bonds. The molecule has 0 atom stereocenters. The zero-order valence-electron chi connectivity index (χ0n) is 7.48. The molecule has 0 heterocycles. The predicted molar refractivity (Wildman–Crippen MR) is 37.8 cm³/mol. The molecule has 0 spiro atoms. The van der Waals surface area contributed by atoms with E-state index in [0.29, 0.717) is 0 Å². The van der Waals surface area contributed by atoms with Crippen LogP contribution < -0.4 is 18.9 Å². The standard InChI is InChI=1S/C7H6O4.Li.H/c8-4-1-2-6(9)5(3-4)7(10)11;;/h1-3,8-9H,(H,10,11);;/q;+1;-1. The molecule has 0 aliphatic carbocycles. The van der Waals surface area contributed by atoms with Gasteiger partial charge in [0.2, 0.25) is 0 Å². The first kappa shape index (κ1) is 10.9. The van der Waals surface area contributed by atoms with Crippen LogP contribution in [0.3, 0.4) is 0 Å². The van der Waals surface area contributed by atoms with Crippen molar-refractivity contribution < 1.29 is 40.4 Å². The summed E-state index contributed by atoms with van der Waals surface area (Å²) in [5, 5.41) is 26.1. The summed E-state index contributed by atoms with van der Waals surface area (Å²) < 4.78 is 0. The molecule has 0 saturated carbocycles. The predicted octanol–water partition coefficient (Wildman–Crippen LogP) is -2.09. The molecule has 0 saturated heterocycles. The van der Waals surface area contributed by atoms with Crippen LogP contribution in [-0.4, -0.2) is 21.3 Å². The number of aromatic hydroxyl groups is 2. The van der Waals surface area contributed by atoms with Crippen LogP contribution >= 0.6 is 0 Å². The van der Waals surface area contributed by atoms with Crippen molar-refractivity contribution >= 4 is 5.97 Å². The number of hydrogen-bond donors (Lipinski definition) is 3. The summed E-state index contributed by atoms with van der Waals surface area (Å²) >= 11 is 0. The van der Waals surface area contributed by atoms with E-state index in [0.717, 1.165) is 12.1 Å². The van der Waals surface area contributed by atoms with Crippen LogP contribution in [0, 0.1) is 0 Å². The number of carbonyl (C=O) groups is 1. The van der Waals surface area contributed by atoms with Crippen LogP contribution in [-0.2, 0) is 0 Å². The molecule has 12 heavy (non-hydrogen) atoms. The molecule has 4 nitrogen and oxygen atoms in total. The van der Waals surface area contributed by atoms with Gasteiger partial charge in [0, 0.05) is 0 Å². The van der Waals surface area contributed by atoms with Gasteiger partial charge in [0.25, 0.3) is 0 Å². The molecule has 0 radical (unpaired) electrons. The summed E-state index contributed by atoms with van der Waals surface area (Å²) in [6.07, 6.45) is 0. The van der Waals surface area contributed by atoms with Gasteiger partial charge in [-0.05, 0) is 18.2 Å². The van der Waals surface area contributed by atoms with E-state index in [9.17, 15) is 4.79 Å². The van der Waals surface area contributed by atoms with Crippen molar-refractivity contribution in [3.8, 4) is 11.5 Å². The van der Waals surface area contributed by atoms with Gasteiger partial charge in [0.05, 0.1) is 0 Å². The number of rotatable bonds is 1. The Kier molecular flexibility index (Phi) is 3.67. The van der Waals surface area contributed by atoms with Crippen molar-refractivity contribution in [1.29, 1.82) is 0 Å². The molecule has 1 aromatic rings. The maximum atomic E-state index is 10.3. The van der Waals surface area contributed by atoms with Crippen LogP contribution in [0.5, 0.6) is 11.5 Å². The summed E-state index contributed by atoms with van der Waals surface area (Å²) in [5.41, 5.74) is -0.301. The fourth-order valence-corrected chi connectivity index (χ4v) is 0.695. The smallest absolute Gasteiger partial charge is 1.00 e. The van der Waals surface area contributed by atoms with Crippen LogP contribution in [0.25, 0.3) is 0 Å². The Morgan fingerprint density at radius 1 is 1.33 bits per heavy atom. The van der Waals surface area contributed by atoms with Crippen molar-refractivity contribution in [2.45, 2.75) is 0 Å². The fraction of sp³-hybridized carbons (Fsp3) is 0. The topological polar surface area (TPSA) is 77.8 Å². The number of carboxylic acid groups (broad SMARTS) is 1. The minimum Gasteiger partial charge on any atom is -1.00 e. The monoisotopic (exact) mass is 162 g/mol. The third kappa shape index (κ3) is 2.19. The van der Waals surface area contributed by atoms with Gasteiger partial charge in [0.15, 0.2) is 0 Å². The molecule has 0 fully saturated rings. The Morgan fingerprint density at radius 2 is 1.92 bits per heavy atom. The number of hydrogen-bond acceptors (Lipinski definition) is 3. The fourth-order valence-electron chi connectivity index (χ4n) is 0.695. The van der Waals surface area contributed by atoms with Gasteiger partial charge in [0.1, 0.15) is 17.1 Å². The van der Waals surface area contributed by atoms with Crippen molar-refractivity contribution in [3.05, 3.63) is 23.8 Å². The summed E-state index contributed by atoms with van der Waals surface area (Å²) in [7, 11) is 0. The molecular weight excluding hydrogens is 155 g/mol. The summed E-state index contributed by atoms with van der Waals surface area (Å²) in [6, 6.07) is 3.32. The molecule has 0 aromatic heterocycles. The molecule has 60 valence electrons. The van der Waals surface area contributed by atoms with Crippen molar-refractivity contribution in [3.63, 3.8) is 0 Å². The Hall–Kier alpha value is -1.11. The number of aromatic carboxylic acids is 1. The Bertz CT molecular complexity index is 303. The van der Waals surface area contributed by atoms with E-state index >= 15 is 0 Å². The van der Waals surface area contributed by atoms with Crippen LogP contribution in [0.4, 0.5) is 0 Å². The first-order valence-corrected chi connectivity index (χ1v) is 2.86. The first-order chi connectivity index (χ1) is 5.11. The van der Waals surface area contributed by atoms with Crippen molar-refractivity contribution in [1.82, 2.24) is 0 Å². The molecule has 1 aromatic carbocycles. The third-order valence-corrected chi connectivity index (χ3v) is 1.21. The molecule has 5 heteroatoms. The third-order valence-electron chi connectivity index (χ3n) is 1.21. The zero-order valence-corrected chi connectivity index (χ0v) is 6.48. The average molecular weight is 162 g/mol. The largest absolute Gasteiger partial charge is 1.00 e. The molecule has 0 bridgehead atoms. The number of phenols is 2.